The smallest absolute Gasteiger partial charge is 0.240 e. The molecule has 2 aromatic rings. The summed E-state index contributed by atoms with van der Waals surface area (Å²) in [5, 5.41) is 5.00. The average molecular weight is 436 g/mol. The molecule has 1 amide bonds. The third kappa shape index (κ3) is 6.12. The maximum Gasteiger partial charge on any atom is 0.240 e. The Bertz CT molecular complexity index is 896. The highest BCUT2D eigenvalue weighted by Gasteiger charge is 2.28. The van der Waals surface area contributed by atoms with Crippen molar-refractivity contribution in [2.45, 2.75) is 44.2 Å². The van der Waals surface area contributed by atoms with Crippen LogP contribution in [0.5, 0.6) is 0 Å². The first-order chi connectivity index (χ1) is 13.8. The van der Waals surface area contributed by atoms with Crippen molar-refractivity contribution in [1.29, 1.82) is 0 Å². The van der Waals surface area contributed by atoms with Gasteiger partial charge in [-0.05, 0) is 62.7 Å². The zero-order chi connectivity index (χ0) is 20.9. The minimum atomic E-state index is -3.51. The summed E-state index contributed by atoms with van der Waals surface area (Å²) in [4.78, 5) is 16.1. The molecule has 1 fully saturated rings. The monoisotopic (exact) mass is 435 g/mol. The maximum atomic E-state index is 12.5. The summed E-state index contributed by atoms with van der Waals surface area (Å²) < 4.78 is 27.8. The third-order valence-electron chi connectivity index (χ3n) is 5.39. The van der Waals surface area contributed by atoms with Crippen molar-refractivity contribution < 1.29 is 13.2 Å². The Morgan fingerprint density at radius 3 is 2.72 bits per heavy atom. The molecule has 8 heteroatoms. The molecule has 3 rings (SSSR count). The molecular weight excluding hydrogens is 406 g/mol. The van der Waals surface area contributed by atoms with Crippen LogP contribution < -0.4 is 10.0 Å². The van der Waals surface area contributed by atoms with Gasteiger partial charge < -0.3 is 5.32 Å². The van der Waals surface area contributed by atoms with Gasteiger partial charge in [-0.2, -0.15) is 0 Å². The molecule has 29 heavy (non-hydrogen) atoms. The molecule has 0 radical (unpaired) electrons. The van der Waals surface area contributed by atoms with Crippen LogP contribution in [0.3, 0.4) is 0 Å². The summed E-state index contributed by atoms with van der Waals surface area (Å²) in [6.07, 6.45) is 1.91. The minimum Gasteiger partial charge on any atom is -0.350 e. The largest absolute Gasteiger partial charge is 0.350 e. The first-order valence-corrected chi connectivity index (χ1v) is 12.3. The Kier molecular flexibility index (Phi) is 7.45. The molecule has 6 nitrogen and oxygen atoms in total. The van der Waals surface area contributed by atoms with Gasteiger partial charge >= 0.3 is 0 Å². The number of amides is 1. The predicted octanol–water partition coefficient (Wildman–Crippen LogP) is 2.75. The number of aryl methyl sites for hydroxylation is 1. The Morgan fingerprint density at radius 2 is 2.03 bits per heavy atom. The van der Waals surface area contributed by atoms with E-state index in [0.717, 1.165) is 29.8 Å². The van der Waals surface area contributed by atoms with Crippen molar-refractivity contribution in [3.63, 3.8) is 0 Å². The molecule has 0 saturated carbocycles. The van der Waals surface area contributed by atoms with Crippen molar-refractivity contribution in [1.82, 2.24) is 14.9 Å². The number of likely N-dealkylation sites (tertiary alicyclic amines) is 1. The average Bonchev–Trinajstić information content (AvgIpc) is 3.24. The lowest BCUT2D eigenvalue weighted by molar-refractivity contribution is -0.126. The van der Waals surface area contributed by atoms with Crippen molar-refractivity contribution in [3.05, 3.63) is 52.2 Å². The van der Waals surface area contributed by atoms with Crippen LogP contribution in [0, 0.1) is 12.8 Å². The molecule has 1 aliphatic heterocycles. The van der Waals surface area contributed by atoms with E-state index in [2.05, 4.69) is 14.9 Å². The van der Waals surface area contributed by atoms with E-state index in [9.17, 15) is 13.2 Å². The van der Waals surface area contributed by atoms with Gasteiger partial charge in [-0.25, -0.2) is 13.1 Å². The number of hydrogen-bond donors (Lipinski definition) is 2. The number of carbonyl (C=O) groups excluding carboxylic acids is 1. The number of hydrogen-bond acceptors (Lipinski definition) is 5. The summed E-state index contributed by atoms with van der Waals surface area (Å²) in [6.45, 7) is 6.35. The van der Waals surface area contributed by atoms with E-state index in [0.29, 0.717) is 19.6 Å². The number of carbonyl (C=O) groups is 1. The maximum absolute atomic E-state index is 12.5. The topological polar surface area (TPSA) is 78.5 Å². The Labute approximate surface area is 177 Å². The van der Waals surface area contributed by atoms with E-state index in [1.807, 2.05) is 31.4 Å². The molecule has 0 aliphatic carbocycles. The molecule has 1 saturated heterocycles. The molecule has 2 atom stereocenters. The van der Waals surface area contributed by atoms with Gasteiger partial charge in [0.2, 0.25) is 15.9 Å². The summed E-state index contributed by atoms with van der Waals surface area (Å²) in [5.74, 6) is 0.204. The van der Waals surface area contributed by atoms with Gasteiger partial charge in [-0.3, -0.25) is 9.69 Å². The quantitative estimate of drug-likeness (QED) is 0.668. The number of benzene rings is 1. The number of nitrogens with one attached hydrogen (secondary N) is 2. The van der Waals surface area contributed by atoms with E-state index >= 15 is 0 Å². The molecule has 2 unspecified atom stereocenters. The summed E-state index contributed by atoms with van der Waals surface area (Å²) in [7, 11) is -3.51. The molecule has 1 aromatic heterocycles. The van der Waals surface area contributed by atoms with Gasteiger partial charge in [-0.1, -0.05) is 23.8 Å². The molecule has 1 aliphatic rings. The second-order valence-corrected chi connectivity index (χ2v) is 10.4. The van der Waals surface area contributed by atoms with Crippen LogP contribution in [-0.2, 0) is 21.4 Å². The Morgan fingerprint density at radius 1 is 1.28 bits per heavy atom. The van der Waals surface area contributed by atoms with E-state index in [1.54, 1.807) is 35.6 Å². The van der Waals surface area contributed by atoms with Crippen molar-refractivity contribution in [2.75, 3.05) is 19.6 Å². The lowest BCUT2D eigenvalue weighted by Crippen LogP contribution is -2.50. The van der Waals surface area contributed by atoms with Crippen LogP contribution >= 0.6 is 11.3 Å². The zero-order valence-electron chi connectivity index (χ0n) is 16.9. The van der Waals surface area contributed by atoms with Crippen LogP contribution in [0.4, 0.5) is 0 Å². The van der Waals surface area contributed by atoms with Crippen LogP contribution in [0.25, 0.3) is 0 Å². The molecule has 158 valence electrons. The van der Waals surface area contributed by atoms with Crippen LogP contribution in [0.15, 0.2) is 46.7 Å². The minimum absolute atomic E-state index is 0.0132. The standard InChI is InChI=1S/C21H29N3O3S2/c1-16-7-9-20(10-8-16)29(26,27)23-13-18-5-3-11-24(15-18)17(2)21(25)22-14-19-6-4-12-28-19/h4,6-10,12,17-18,23H,3,5,11,13-15H2,1-2H3,(H,22,25). The molecule has 1 aromatic carbocycles. The van der Waals surface area contributed by atoms with Gasteiger partial charge in [0.1, 0.15) is 0 Å². The van der Waals surface area contributed by atoms with E-state index < -0.39 is 10.0 Å². The summed E-state index contributed by atoms with van der Waals surface area (Å²) >= 11 is 1.63. The van der Waals surface area contributed by atoms with Gasteiger partial charge in [-0.15, -0.1) is 11.3 Å². The summed E-state index contributed by atoms with van der Waals surface area (Å²) in [6, 6.07) is 10.6. The highest BCUT2D eigenvalue weighted by Crippen LogP contribution is 2.19. The van der Waals surface area contributed by atoms with Gasteiger partial charge in [0.05, 0.1) is 17.5 Å². The number of nitrogens with zero attached hydrogens (tertiary/aromatic N) is 1. The van der Waals surface area contributed by atoms with Gasteiger partial charge in [0.25, 0.3) is 0 Å². The van der Waals surface area contributed by atoms with Crippen LogP contribution in [0.1, 0.15) is 30.2 Å². The molecule has 2 N–H and O–H groups in total. The highest BCUT2D eigenvalue weighted by molar-refractivity contribution is 7.89. The van der Waals surface area contributed by atoms with Crippen molar-refractivity contribution in [3.8, 4) is 0 Å². The van der Waals surface area contributed by atoms with Gasteiger partial charge in [0.15, 0.2) is 0 Å². The van der Waals surface area contributed by atoms with E-state index in [4.69, 9.17) is 0 Å². The lowest BCUT2D eigenvalue weighted by atomic mass is 9.97. The zero-order valence-corrected chi connectivity index (χ0v) is 18.6. The van der Waals surface area contributed by atoms with E-state index in [-0.39, 0.29) is 22.8 Å². The lowest BCUT2D eigenvalue weighted by Gasteiger charge is -2.36. The first kappa shape index (κ1) is 22.0. The van der Waals surface area contributed by atoms with Gasteiger partial charge in [0, 0.05) is 18.0 Å². The molecule has 0 spiro atoms. The fraction of sp³-hybridized carbons (Fsp3) is 0.476. The fourth-order valence-corrected chi connectivity index (χ4v) is 5.31. The predicted molar refractivity (Wildman–Crippen MR) is 116 cm³/mol. The molecule has 0 bridgehead atoms. The summed E-state index contributed by atoms with van der Waals surface area (Å²) in [5.41, 5.74) is 1.03. The Hall–Kier alpha value is -1.74. The highest BCUT2D eigenvalue weighted by atomic mass is 32.2. The van der Waals surface area contributed by atoms with Crippen LogP contribution in [-0.4, -0.2) is 44.9 Å². The third-order valence-corrected chi connectivity index (χ3v) is 7.70. The number of piperidine rings is 1. The van der Waals surface area contributed by atoms with Crippen molar-refractivity contribution in [2.24, 2.45) is 5.92 Å². The van der Waals surface area contributed by atoms with Crippen LogP contribution in [0.2, 0.25) is 0 Å². The second-order valence-electron chi connectivity index (χ2n) is 7.64. The number of sulfonamides is 1. The second kappa shape index (κ2) is 9.84. The molecular formula is C21H29N3O3S2. The number of rotatable bonds is 8. The molecule has 2 heterocycles. The Balaban J connectivity index is 1.50. The first-order valence-electron chi connectivity index (χ1n) is 9.95. The SMILES string of the molecule is Cc1ccc(S(=O)(=O)NCC2CCCN(C(C)C(=O)NCc3cccs3)C2)cc1. The normalized spacial score (nSPS) is 19.0. The fourth-order valence-electron chi connectivity index (χ4n) is 3.54. The van der Waals surface area contributed by atoms with Crippen molar-refractivity contribution >= 4 is 27.3 Å². The van der Waals surface area contributed by atoms with E-state index in [1.165, 1.54) is 0 Å². The number of thiophene rings is 1.